The molecule has 0 saturated carbocycles. The highest BCUT2D eigenvalue weighted by molar-refractivity contribution is 5.76. The molecule has 0 spiro atoms. The maximum absolute atomic E-state index is 12.5. The highest BCUT2D eigenvalue weighted by Crippen LogP contribution is 2.18. The number of aliphatic hydroxyl groups excluding tert-OH is 2. The van der Waals surface area contributed by atoms with E-state index in [9.17, 15) is 19.8 Å². The molecule has 0 aromatic rings. The molecule has 6 heteroatoms. The van der Waals surface area contributed by atoms with E-state index in [1.165, 1.54) is 289 Å². The van der Waals surface area contributed by atoms with E-state index in [4.69, 9.17) is 4.74 Å². The zero-order valence-corrected chi connectivity index (χ0v) is 49.8. The van der Waals surface area contributed by atoms with Gasteiger partial charge in [0.1, 0.15) is 0 Å². The first kappa shape index (κ1) is 72.1. The summed E-state index contributed by atoms with van der Waals surface area (Å²) in [5.74, 6) is -0.0530. The second-order valence-corrected chi connectivity index (χ2v) is 22.8. The second-order valence-electron chi connectivity index (χ2n) is 22.8. The molecule has 1 amide bonds. The van der Waals surface area contributed by atoms with E-state index in [0.717, 1.165) is 44.9 Å². The van der Waals surface area contributed by atoms with Gasteiger partial charge in [-0.25, -0.2) is 0 Å². The number of allylic oxidation sites excluding steroid dienone is 5. The van der Waals surface area contributed by atoms with Crippen molar-refractivity contribution in [2.75, 3.05) is 13.2 Å². The lowest BCUT2D eigenvalue weighted by Gasteiger charge is -2.20. The fourth-order valence-corrected chi connectivity index (χ4v) is 10.3. The van der Waals surface area contributed by atoms with E-state index in [0.29, 0.717) is 19.4 Å². The third-order valence-electron chi connectivity index (χ3n) is 15.4. The number of unbranched alkanes of at least 4 members (excludes halogenated alkanes) is 47. The summed E-state index contributed by atoms with van der Waals surface area (Å²) in [6.45, 7) is 4.92. The van der Waals surface area contributed by atoms with Gasteiger partial charge in [0.2, 0.25) is 5.91 Å². The van der Waals surface area contributed by atoms with E-state index in [-0.39, 0.29) is 18.5 Å². The van der Waals surface area contributed by atoms with Crippen LogP contribution in [0.25, 0.3) is 0 Å². The van der Waals surface area contributed by atoms with Gasteiger partial charge >= 0.3 is 5.97 Å². The van der Waals surface area contributed by atoms with Crippen molar-refractivity contribution in [3.05, 3.63) is 36.5 Å². The number of carbonyl (C=O) groups excluding carboxylic acids is 2. The molecule has 0 saturated heterocycles. The summed E-state index contributed by atoms with van der Waals surface area (Å²) < 4.78 is 5.47. The van der Waals surface area contributed by atoms with Crippen LogP contribution < -0.4 is 5.32 Å². The van der Waals surface area contributed by atoms with E-state index in [2.05, 4.69) is 43.5 Å². The van der Waals surface area contributed by atoms with E-state index in [1.54, 1.807) is 6.08 Å². The van der Waals surface area contributed by atoms with Crippen molar-refractivity contribution >= 4 is 11.9 Å². The Kier molecular flexibility index (Phi) is 62.0. The van der Waals surface area contributed by atoms with Crippen LogP contribution in [0.3, 0.4) is 0 Å². The van der Waals surface area contributed by atoms with Crippen molar-refractivity contribution in [3.63, 3.8) is 0 Å². The van der Waals surface area contributed by atoms with Crippen LogP contribution >= 0.6 is 0 Å². The molecule has 0 rings (SSSR count). The van der Waals surface area contributed by atoms with Crippen molar-refractivity contribution in [1.29, 1.82) is 0 Å². The molecular formula is C68H129NO5. The third-order valence-corrected chi connectivity index (χ3v) is 15.4. The minimum Gasteiger partial charge on any atom is -0.466 e. The lowest BCUT2D eigenvalue weighted by molar-refractivity contribution is -0.143. The SMILES string of the molecule is CCCCCCCCCCCCCCC/C=C/C(O)C(CO)NC(=O)CCCCCCCCCCCCCCCCC/C=C\C/C=C\CCCCCCCCCCCOC(=O)CCCCCCCCCCCCC. The van der Waals surface area contributed by atoms with Crippen molar-refractivity contribution in [1.82, 2.24) is 5.32 Å². The van der Waals surface area contributed by atoms with Gasteiger partial charge in [0.15, 0.2) is 0 Å². The maximum atomic E-state index is 12.5. The number of carbonyl (C=O) groups is 2. The normalized spacial score (nSPS) is 12.8. The predicted molar refractivity (Wildman–Crippen MR) is 324 cm³/mol. The topological polar surface area (TPSA) is 95.9 Å². The van der Waals surface area contributed by atoms with Gasteiger partial charge in [-0.1, -0.05) is 320 Å². The maximum Gasteiger partial charge on any atom is 0.305 e. The summed E-state index contributed by atoms with van der Waals surface area (Å²) in [7, 11) is 0. The molecule has 2 atom stereocenters. The highest BCUT2D eigenvalue weighted by atomic mass is 16.5. The molecule has 0 aromatic carbocycles. The van der Waals surface area contributed by atoms with Crippen LogP contribution in [0.2, 0.25) is 0 Å². The second kappa shape index (κ2) is 63.6. The van der Waals surface area contributed by atoms with Crippen LogP contribution in [0.5, 0.6) is 0 Å². The van der Waals surface area contributed by atoms with Gasteiger partial charge in [-0.3, -0.25) is 9.59 Å². The summed E-state index contributed by atoms with van der Waals surface area (Å²) in [6.07, 6.45) is 80.7. The molecule has 6 nitrogen and oxygen atoms in total. The van der Waals surface area contributed by atoms with Crippen LogP contribution in [0.1, 0.15) is 361 Å². The van der Waals surface area contributed by atoms with Gasteiger partial charge in [0.25, 0.3) is 0 Å². The molecule has 0 heterocycles. The predicted octanol–water partition coefficient (Wildman–Crippen LogP) is 21.1. The molecule has 436 valence electrons. The highest BCUT2D eigenvalue weighted by Gasteiger charge is 2.18. The Morgan fingerprint density at radius 3 is 1.03 bits per heavy atom. The van der Waals surface area contributed by atoms with Crippen molar-refractivity contribution in [3.8, 4) is 0 Å². The van der Waals surface area contributed by atoms with Crippen LogP contribution in [-0.2, 0) is 14.3 Å². The molecule has 0 aliphatic rings. The van der Waals surface area contributed by atoms with Crippen molar-refractivity contribution in [2.45, 2.75) is 373 Å². The first-order chi connectivity index (χ1) is 36.5. The standard InChI is InChI=1S/C68H129NO5/c1-3-5-7-9-11-13-15-16-34-37-41-44-48-52-56-60-66(71)65(64-70)69-67(72)61-57-53-49-45-42-38-35-32-30-28-26-24-22-20-18-17-19-21-23-25-27-29-31-33-36-39-43-47-51-55-59-63-74-68(73)62-58-54-50-46-40-14-12-10-8-6-4-2/h19,21,25,27,56,60,65-66,70-71H,3-18,20,22-24,26,28-55,57-59,61-64H2,1-2H3,(H,69,72)/b21-19-,27-25-,60-56+. The number of ether oxygens (including phenoxy) is 1. The summed E-state index contributed by atoms with van der Waals surface area (Å²) in [4.78, 5) is 24.5. The van der Waals surface area contributed by atoms with Crippen molar-refractivity contribution < 1.29 is 24.5 Å². The Balaban J connectivity index is 3.41. The van der Waals surface area contributed by atoms with Gasteiger partial charge in [0.05, 0.1) is 25.4 Å². The molecule has 0 bridgehead atoms. The van der Waals surface area contributed by atoms with Gasteiger partial charge in [-0.05, 0) is 64.2 Å². The lowest BCUT2D eigenvalue weighted by Crippen LogP contribution is -2.45. The first-order valence-corrected chi connectivity index (χ1v) is 33.3. The minimum atomic E-state index is -0.844. The molecule has 0 aliphatic heterocycles. The Labute approximate surface area is 462 Å². The van der Waals surface area contributed by atoms with Crippen molar-refractivity contribution in [2.24, 2.45) is 0 Å². The first-order valence-electron chi connectivity index (χ1n) is 33.3. The van der Waals surface area contributed by atoms with Crippen LogP contribution in [0.15, 0.2) is 36.5 Å². The summed E-state index contributed by atoms with van der Waals surface area (Å²) >= 11 is 0. The molecule has 0 aliphatic carbocycles. The Bertz CT molecular complexity index is 1200. The third kappa shape index (κ3) is 59.3. The van der Waals surface area contributed by atoms with Gasteiger partial charge < -0.3 is 20.3 Å². The van der Waals surface area contributed by atoms with Crippen LogP contribution in [0.4, 0.5) is 0 Å². The Morgan fingerprint density at radius 1 is 0.378 bits per heavy atom. The van der Waals surface area contributed by atoms with E-state index < -0.39 is 12.1 Å². The number of rotatable bonds is 62. The average molecular weight is 1040 g/mol. The number of hydrogen-bond acceptors (Lipinski definition) is 5. The lowest BCUT2D eigenvalue weighted by atomic mass is 10.0. The van der Waals surface area contributed by atoms with Gasteiger partial charge in [-0.15, -0.1) is 0 Å². The average Bonchev–Trinajstić information content (AvgIpc) is 3.40. The molecule has 3 N–H and O–H groups in total. The number of amides is 1. The zero-order valence-electron chi connectivity index (χ0n) is 49.8. The Morgan fingerprint density at radius 2 is 0.676 bits per heavy atom. The van der Waals surface area contributed by atoms with Crippen LogP contribution in [-0.4, -0.2) is 47.4 Å². The smallest absolute Gasteiger partial charge is 0.305 e. The number of esters is 1. The summed E-state index contributed by atoms with van der Waals surface area (Å²) in [5, 5.41) is 23.1. The molecule has 74 heavy (non-hydrogen) atoms. The minimum absolute atomic E-state index is 0.0127. The fourth-order valence-electron chi connectivity index (χ4n) is 10.3. The van der Waals surface area contributed by atoms with Gasteiger partial charge in [-0.2, -0.15) is 0 Å². The molecule has 0 fully saturated rings. The number of aliphatic hydroxyl groups is 2. The fraction of sp³-hybridized carbons (Fsp3) is 0.882. The molecule has 2 unspecified atom stereocenters. The number of nitrogens with one attached hydrogen (secondary N) is 1. The zero-order chi connectivity index (χ0) is 53.6. The van der Waals surface area contributed by atoms with E-state index >= 15 is 0 Å². The van der Waals surface area contributed by atoms with Gasteiger partial charge in [0, 0.05) is 12.8 Å². The Hall–Kier alpha value is -1.92. The van der Waals surface area contributed by atoms with E-state index in [1.807, 2.05) is 6.08 Å². The quantitative estimate of drug-likeness (QED) is 0.0320. The molecule has 0 aromatic heterocycles. The largest absolute Gasteiger partial charge is 0.466 e. The monoisotopic (exact) mass is 1040 g/mol. The summed E-state index contributed by atoms with van der Waals surface area (Å²) in [5.41, 5.74) is 0. The molecule has 0 radical (unpaired) electrons. The van der Waals surface area contributed by atoms with Crippen LogP contribution in [0, 0.1) is 0 Å². The number of hydrogen-bond donors (Lipinski definition) is 3. The summed E-state index contributed by atoms with van der Waals surface area (Å²) in [6, 6.07) is -0.627. The molecular weight excluding hydrogens is 911 g/mol.